The highest BCUT2D eigenvalue weighted by Crippen LogP contribution is 2.47. The van der Waals surface area contributed by atoms with E-state index < -0.39 is 0 Å². The van der Waals surface area contributed by atoms with Crippen molar-refractivity contribution in [1.29, 1.82) is 0 Å². The number of rotatable bonds is 5. The van der Waals surface area contributed by atoms with Gasteiger partial charge in [-0.25, -0.2) is 9.59 Å². The summed E-state index contributed by atoms with van der Waals surface area (Å²) in [6, 6.07) is 21.6. The smallest absolute Gasteiger partial charge is 0.345 e. The van der Waals surface area contributed by atoms with Crippen molar-refractivity contribution in [2.75, 3.05) is 18.0 Å². The predicted molar refractivity (Wildman–Crippen MR) is 162 cm³/mol. The molecule has 0 aliphatic rings. The van der Waals surface area contributed by atoms with Gasteiger partial charge < -0.3 is 13.7 Å². The van der Waals surface area contributed by atoms with Crippen molar-refractivity contribution in [2.45, 2.75) is 13.8 Å². The van der Waals surface area contributed by atoms with Gasteiger partial charge in [0.1, 0.15) is 11.2 Å². The van der Waals surface area contributed by atoms with Crippen LogP contribution in [0, 0.1) is 0 Å². The second-order valence-corrected chi connectivity index (χ2v) is 12.2. The maximum absolute atomic E-state index is 13.0. The van der Waals surface area contributed by atoms with Gasteiger partial charge in [0.25, 0.3) is 0 Å². The van der Waals surface area contributed by atoms with Crippen molar-refractivity contribution in [3.05, 3.63) is 87.6 Å². The lowest BCUT2D eigenvalue weighted by atomic mass is 10.1. The minimum atomic E-state index is -0.335. The first-order valence-corrected chi connectivity index (χ1v) is 14.8. The van der Waals surface area contributed by atoms with Gasteiger partial charge in [-0.15, -0.1) is 34.0 Å². The molecular weight excluding hydrogens is 535 g/mol. The summed E-state index contributed by atoms with van der Waals surface area (Å²) in [5.41, 5.74) is 2.71. The van der Waals surface area contributed by atoms with E-state index in [0.29, 0.717) is 22.3 Å². The van der Waals surface area contributed by atoms with Crippen LogP contribution in [0.25, 0.3) is 61.6 Å². The lowest BCUT2D eigenvalue weighted by molar-refractivity contribution is 0.563. The van der Waals surface area contributed by atoms with Crippen molar-refractivity contribution in [1.82, 2.24) is 0 Å². The quantitative estimate of drug-likeness (QED) is 0.199. The first-order chi connectivity index (χ1) is 18.5. The van der Waals surface area contributed by atoms with E-state index in [-0.39, 0.29) is 11.3 Å². The highest BCUT2D eigenvalue weighted by molar-refractivity contribution is 7.40. The number of hydrogen-bond acceptors (Lipinski definition) is 8. The fraction of sp³-hybridized carbons (Fsp3) is 0.133. The van der Waals surface area contributed by atoms with Gasteiger partial charge in [0, 0.05) is 54.8 Å². The first-order valence-electron chi connectivity index (χ1n) is 12.3. The Hall–Kier alpha value is -3.72. The molecule has 0 saturated carbocycles. The second-order valence-electron chi connectivity index (χ2n) is 9.04. The fourth-order valence-corrected chi connectivity index (χ4v) is 8.92. The molecule has 0 N–H and O–H groups in total. The Labute approximate surface area is 228 Å². The SMILES string of the molecule is CCN(CC)c1ccc2cc(-c3cc4sc5cc(-c6cc7ccccc7oc6=O)sc5c4s3)c(=O)oc2c1. The van der Waals surface area contributed by atoms with E-state index >= 15 is 0 Å². The Bertz CT molecular complexity index is 2120. The van der Waals surface area contributed by atoms with Gasteiger partial charge in [-0.05, 0) is 56.3 Å². The molecule has 38 heavy (non-hydrogen) atoms. The Morgan fingerprint density at radius 2 is 1.24 bits per heavy atom. The maximum atomic E-state index is 13.0. The van der Waals surface area contributed by atoms with Gasteiger partial charge in [-0.3, -0.25) is 0 Å². The van der Waals surface area contributed by atoms with Crippen LogP contribution in [0.3, 0.4) is 0 Å². The van der Waals surface area contributed by atoms with Crippen molar-refractivity contribution in [3.63, 3.8) is 0 Å². The molecule has 0 spiro atoms. The monoisotopic (exact) mass is 555 g/mol. The normalized spacial score (nSPS) is 11.8. The molecule has 5 nitrogen and oxygen atoms in total. The lowest BCUT2D eigenvalue weighted by Crippen LogP contribution is -2.21. The summed E-state index contributed by atoms with van der Waals surface area (Å²) >= 11 is 4.85. The fourth-order valence-electron chi connectivity index (χ4n) is 4.89. The molecule has 0 aliphatic carbocycles. The van der Waals surface area contributed by atoms with E-state index in [4.69, 9.17) is 8.83 Å². The van der Waals surface area contributed by atoms with Crippen LogP contribution < -0.4 is 16.2 Å². The van der Waals surface area contributed by atoms with Crippen LogP contribution in [0.2, 0.25) is 0 Å². The molecule has 2 aromatic carbocycles. The summed E-state index contributed by atoms with van der Waals surface area (Å²) in [5.74, 6) is 0. The maximum Gasteiger partial charge on any atom is 0.345 e. The molecule has 5 aromatic heterocycles. The van der Waals surface area contributed by atoms with Gasteiger partial charge >= 0.3 is 11.3 Å². The number of anilines is 1. The minimum Gasteiger partial charge on any atom is -0.422 e. The van der Waals surface area contributed by atoms with Crippen molar-refractivity contribution >= 4 is 80.4 Å². The third-order valence-corrected chi connectivity index (χ3v) is 10.7. The Kier molecular flexibility index (Phi) is 5.51. The number of thiophene rings is 3. The molecule has 0 saturated heterocycles. The molecule has 7 rings (SSSR count). The van der Waals surface area contributed by atoms with Crippen LogP contribution >= 0.6 is 34.0 Å². The van der Waals surface area contributed by atoms with Gasteiger partial charge in [0.15, 0.2) is 0 Å². The summed E-state index contributed by atoms with van der Waals surface area (Å²) in [5, 5.41) is 1.80. The van der Waals surface area contributed by atoms with Crippen LogP contribution in [0.1, 0.15) is 13.8 Å². The van der Waals surface area contributed by atoms with E-state index in [9.17, 15) is 9.59 Å². The molecular formula is C30H21NO4S3. The van der Waals surface area contributed by atoms with Gasteiger partial charge in [-0.1, -0.05) is 18.2 Å². The molecule has 0 bridgehead atoms. The Morgan fingerprint density at radius 1 is 0.658 bits per heavy atom. The predicted octanol–water partition coefficient (Wildman–Crippen LogP) is 8.57. The zero-order valence-electron chi connectivity index (χ0n) is 20.6. The van der Waals surface area contributed by atoms with Gasteiger partial charge in [0.2, 0.25) is 0 Å². The van der Waals surface area contributed by atoms with Crippen LogP contribution in [0.15, 0.2) is 85.2 Å². The van der Waals surface area contributed by atoms with Crippen molar-refractivity contribution < 1.29 is 8.83 Å². The third-order valence-electron chi connectivity index (χ3n) is 6.84. The molecule has 0 aliphatic heterocycles. The summed E-state index contributed by atoms with van der Waals surface area (Å²) in [6.45, 7) is 6.00. The molecule has 0 unspecified atom stereocenters. The third kappa shape index (κ3) is 3.71. The van der Waals surface area contributed by atoms with E-state index in [0.717, 1.165) is 58.1 Å². The van der Waals surface area contributed by atoms with E-state index in [1.807, 2.05) is 42.5 Å². The minimum absolute atomic E-state index is 0.333. The number of para-hydroxylation sites is 1. The number of fused-ring (bicyclic) bond motifs is 5. The zero-order valence-corrected chi connectivity index (χ0v) is 23.0. The number of benzene rings is 2. The zero-order chi connectivity index (χ0) is 26.0. The van der Waals surface area contributed by atoms with Crippen LogP contribution in [-0.2, 0) is 0 Å². The average Bonchev–Trinajstić information content (AvgIpc) is 3.59. The number of nitrogens with zero attached hydrogens (tertiary/aromatic N) is 1. The highest BCUT2D eigenvalue weighted by atomic mass is 32.1. The molecule has 0 atom stereocenters. The largest absolute Gasteiger partial charge is 0.422 e. The van der Waals surface area contributed by atoms with Crippen LogP contribution in [-0.4, -0.2) is 13.1 Å². The van der Waals surface area contributed by atoms with Gasteiger partial charge in [-0.2, -0.15) is 0 Å². The molecule has 5 heterocycles. The summed E-state index contributed by atoms with van der Waals surface area (Å²) in [7, 11) is 0. The molecule has 0 radical (unpaired) electrons. The van der Waals surface area contributed by atoms with Crippen LogP contribution in [0.5, 0.6) is 0 Å². The van der Waals surface area contributed by atoms with E-state index in [1.54, 1.807) is 40.1 Å². The number of hydrogen-bond donors (Lipinski definition) is 0. The second kappa shape index (κ2) is 8.94. The molecule has 8 heteroatoms. The Balaban J connectivity index is 1.31. The average molecular weight is 556 g/mol. The first kappa shape index (κ1) is 23.4. The molecule has 0 amide bonds. The van der Waals surface area contributed by atoms with Crippen molar-refractivity contribution in [2.24, 2.45) is 0 Å². The highest BCUT2D eigenvalue weighted by Gasteiger charge is 2.19. The van der Waals surface area contributed by atoms with Crippen LogP contribution in [0.4, 0.5) is 5.69 Å². The Morgan fingerprint density at radius 3 is 1.87 bits per heavy atom. The lowest BCUT2D eigenvalue weighted by Gasteiger charge is -2.20. The standard InChI is InChI=1S/C30H21NO4S3/c1-3-31(4-2)18-10-9-17-12-20(30(33)35-22(17)13-18)24-15-26-28(38-24)27-25(36-26)14-23(37-27)19-11-16-7-5-6-8-21(16)34-29(19)32/h5-15H,3-4H2,1-2H3. The summed E-state index contributed by atoms with van der Waals surface area (Å²) in [6.07, 6.45) is 0. The summed E-state index contributed by atoms with van der Waals surface area (Å²) < 4.78 is 15.8. The molecule has 0 fully saturated rings. The van der Waals surface area contributed by atoms with E-state index in [1.165, 1.54) is 0 Å². The topological polar surface area (TPSA) is 63.7 Å². The summed E-state index contributed by atoms with van der Waals surface area (Å²) in [4.78, 5) is 29.8. The van der Waals surface area contributed by atoms with Gasteiger partial charge in [0.05, 0.1) is 20.5 Å². The molecule has 188 valence electrons. The van der Waals surface area contributed by atoms with E-state index in [2.05, 4.69) is 36.9 Å². The molecule has 7 aromatic rings. The van der Waals surface area contributed by atoms with Crippen molar-refractivity contribution in [3.8, 4) is 20.9 Å².